The molecule has 16 heavy (non-hydrogen) atoms. The third-order valence-electron chi connectivity index (χ3n) is 2.11. The van der Waals surface area contributed by atoms with E-state index in [0.717, 1.165) is 20.8 Å². The standard InChI is InChI=1S/C13H11IO2/c1-15-11-7-8-12(14)13(9-11)16-10-5-3-2-4-6-10/h2-9H,1H3. The van der Waals surface area contributed by atoms with E-state index in [9.17, 15) is 0 Å². The maximum Gasteiger partial charge on any atom is 0.144 e. The number of hydrogen-bond donors (Lipinski definition) is 0. The quantitative estimate of drug-likeness (QED) is 0.791. The van der Waals surface area contributed by atoms with Crippen LogP contribution in [0.2, 0.25) is 0 Å². The molecule has 0 aliphatic carbocycles. The van der Waals surface area contributed by atoms with Crippen LogP contribution in [0.3, 0.4) is 0 Å². The highest BCUT2D eigenvalue weighted by atomic mass is 127. The van der Waals surface area contributed by atoms with E-state index < -0.39 is 0 Å². The van der Waals surface area contributed by atoms with E-state index in [2.05, 4.69) is 22.6 Å². The third kappa shape index (κ3) is 2.66. The fraction of sp³-hybridized carbons (Fsp3) is 0.0769. The Labute approximate surface area is 108 Å². The number of halogens is 1. The van der Waals surface area contributed by atoms with Crippen molar-refractivity contribution < 1.29 is 9.47 Å². The molecule has 0 saturated carbocycles. The number of rotatable bonds is 3. The van der Waals surface area contributed by atoms with Gasteiger partial charge >= 0.3 is 0 Å². The summed E-state index contributed by atoms with van der Waals surface area (Å²) in [6, 6.07) is 15.5. The summed E-state index contributed by atoms with van der Waals surface area (Å²) in [6.07, 6.45) is 0. The summed E-state index contributed by atoms with van der Waals surface area (Å²) >= 11 is 2.24. The van der Waals surface area contributed by atoms with Crippen LogP contribution in [-0.4, -0.2) is 7.11 Å². The van der Waals surface area contributed by atoms with Crippen molar-refractivity contribution in [2.24, 2.45) is 0 Å². The van der Waals surface area contributed by atoms with Crippen molar-refractivity contribution in [3.63, 3.8) is 0 Å². The summed E-state index contributed by atoms with van der Waals surface area (Å²) in [7, 11) is 1.65. The molecule has 0 aliphatic rings. The number of methoxy groups -OCH3 is 1. The first kappa shape index (κ1) is 11.3. The molecule has 0 N–H and O–H groups in total. The molecule has 0 bridgehead atoms. The van der Waals surface area contributed by atoms with Crippen LogP contribution < -0.4 is 9.47 Å². The molecule has 82 valence electrons. The normalized spacial score (nSPS) is 9.88. The molecule has 0 spiro atoms. The fourth-order valence-electron chi connectivity index (χ4n) is 1.30. The average Bonchev–Trinajstić information content (AvgIpc) is 2.33. The molecule has 0 radical (unpaired) electrons. The van der Waals surface area contributed by atoms with Gasteiger partial charge in [-0.15, -0.1) is 0 Å². The van der Waals surface area contributed by atoms with Gasteiger partial charge in [-0.2, -0.15) is 0 Å². The van der Waals surface area contributed by atoms with Crippen LogP contribution >= 0.6 is 22.6 Å². The Morgan fingerprint density at radius 2 is 1.69 bits per heavy atom. The van der Waals surface area contributed by atoms with Crippen molar-refractivity contribution in [2.75, 3.05) is 7.11 Å². The molecule has 0 atom stereocenters. The third-order valence-corrected chi connectivity index (χ3v) is 3.00. The van der Waals surface area contributed by atoms with E-state index in [1.165, 1.54) is 0 Å². The lowest BCUT2D eigenvalue weighted by Crippen LogP contribution is -1.89. The zero-order valence-electron chi connectivity index (χ0n) is 8.81. The first-order chi connectivity index (χ1) is 7.79. The predicted molar refractivity (Wildman–Crippen MR) is 72.2 cm³/mol. The number of para-hydroxylation sites is 1. The van der Waals surface area contributed by atoms with Gasteiger partial charge in [-0.3, -0.25) is 0 Å². The van der Waals surface area contributed by atoms with E-state index in [4.69, 9.17) is 9.47 Å². The summed E-state index contributed by atoms with van der Waals surface area (Å²) in [6.45, 7) is 0. The van der Waals surface area contributed by atoms with Gasteiger partial charge in [-0.25, -0.2) is 0 Å². The maximum absolute atomic E-state index is 5.76. The van der Waals surface area contributed by atoms with E-state index in [0.29, 0.717) is 0 Å². The smallest absolute Gasteiger partial charge is 0.144 e. The Balaban J connectivity index is 2.27. The van der Waals surface area contributed by atoms with Crippen LogP contribution in [0, 0.1) is 3.57 Å². The summed E-state index contributed by atoms with van der Waals surface area (Å²) in [5.74, 6) is 2.44. The zero-order chi connectivity index (χ0) is 11.4. The van der Waals surface area contributed by atoms with Gasteiger partial charge in [0.2, 0.25) is 0 Å². The molecule has 0 unspecified atom stereocenters. The van der Waals surface area contributed by atoms with Crippen LogP contribution in [0.25, 0.3) is 0 Å². The van der Waals surface area contributed by atoms with Gasteiger partial charge in [-0.05, 0) is 46.9 Å². The fourth-order valence-corrected chi connectivity index (χ4v) is 1.75. The van der Waals surface area contributed by atoms with E-state index in [1.807, 2.05) is 48.5 Å². The molecule has 0 aliphatic heterocycles. The lowest BCUT2D eigenvalue weighted by molar-refractivity contribution is 0.408. The average molecular weight is 326 g/mol. The largest absolute Gasteiger partial charge is 0.497 e. The van der Waals surface area contributed by atoms with Gasteiger partial charge in [0.1, 0.15) is 17.2 Å². The summed E-state index contributed by atoms with van der Waals surface area (Å²) in [4.78, 5) is 0. The van der Waals surface area contributed by atoms with Crippen molar-refractivity contribution in [3.05, 3.63) is 52.1 Å². The van der Waals surface area contributed by atoms with Crippen LogP contribution in [0.15, 0.2) is 48.5 Å². The first-order valence-electron chi connectivity index (χ1n) is 4.86. The van der Waals surface area contributed by atoms with Crippen LogP contribution in [0.5, 0.6) is 17.2 Å². The van der Waals surface area contributed by atoms with E-state index in [-0.39, 0.29) is 0 Å². The Morgan fingerprint density at radius 3 is 2.38 bits per heavy atom. The SMILES string of the molecule is COc1ccc(I)c(Oc2ccccc2)c1. The Kier molecular flexibility index (Phi) is 3.66. The van der Waals surface area contributed by atoms with E-state index >= 15 is 0 Å². The van der Waals surface area contributed by atoms with Crippen molar-refractivity contribution in [2.45, 2.75) is 0 Å². The van der Waals surface area contributed by atoms with Gasteiger partial charge in [0, 0.05) is 6.07 Å². The lowest BCUT2D eigenvalue weighted by Gasteiger charge is -2.09. The van der Waals surface area contributed by atoms with Gasteiger partial charge in [0.15, 0.2) is 0 Å². The summed E-state index contributed by atoms with van der Waals surface area (Å²) < 4.78 is 12.0. The topological polar surface area (TPSA) is 18.5 Å². The number of hydrogen-bond acceptors (Lipinski definition) is 2. The zero-order valence-corrected chi connectivity index (χ0v) is 11.0. The molecule has 2 nitrogen and oxygen atoms in total. The molecule has 0 heterocycles. The van der Waals surface area contributed by atoms with E-state index in [1.54, 1.807) is 7.11 Å². The summed E-state index contributed by atoms with van der Waals surface area (Å²) in [5, 5.41) is 0. The molecule has 2 aromatic rings. The molecule has 0 aromatic heterocycles. The number of ether oxygens (including phenoxy) is 2. The summed E-state index contributed by atoms with van der Waals surface area (Å²) in [5.41, 5.74) is 0. The molecule has 2 aromatic carbocycles. The van der Waals surface area contributed by atoms with Crippen LogP contribution in [0.1, 0.15) is 0 Å². The second-order valence-electron chi connectivity index (χ2n) is 3.21. The minimum atomic E-state index is 0.798. The minimum absolute atomic E-state index is 0.798. The number of benzene rings is 2. The molecule has 0 amide bonds. The molecule has 0 saturated heterocycles. The molecule has 3 heteroatoms. The minimum Gasteiger partial charge on any atom is -0.497 e. The highest BCUT2D eigenvalue weighted by Crippen LogP contribution is 2.30. The monoisotopic (exact) mass is 326 g/mol. The second kappa shape index (κ2) is 5.21. The van der Waals surface area contributed by atoms with Crippen molar-refractivity contribution in [3.8, 4) is 17.2 Å². The van der Waals surface area contributed by atoms with Crippen molar-refractivity contribution >= 4 is 22.6 Å². The Morgan fingerprint density at radius 1 is 0.938 bits per heavy atom. The molecular formula is C13H11IO2. The van der Waals surface area contributed by atoms with Crippen LogP contribution in [-0.2, 0) is 0 Å². The highest BCUT2D eigenvalue weighted by Gasteiger charge is 2.04. The van der Waals surface area contributed by atoms with Gasteiger partial charge in [0.25, 0.3) is 0 Å². The van der Waals surface area contributed by atoms with Gasteiger partial charge in [0.05, 0.1) is 10.7 Å². The van der Waals surface area contributed by atoms with Gasteiger partial charge in [-0.1, -0.05) is 18.2 Å². The molecule has 0 fully saturated rings. The van der Waals surface area contributed by atoms with Gasteiger partial charge < -0.3 is 9.47 Å². The predicted octanol–water partition coefficient (Wildman–Crippen LogP) is 4.09. The molecular weight excluding hydrogens is 315 g/mol. The maximum atomic E-state index is 5.76. The van der Waals surface area contributed by atoms with Crippen molar-refractivity contribution in [1.82, 2.24) is 0 Å². The Bertz CT molecular complexity index is 469. The van der Waals surface area contributed by atoms with Crippen molar-refractivity contribution in [1.29, 1.82) is 0 Å². The Hall–Kier alpha value is -1.23. The first-order valence-corrected chi connectivity index (χ1v) is 5.94. The second-order valence-corrected chi connectivity index (χ2v) is 4.37. The highest BCUT2D eigenvalue weighted by molar-refractivity contribution is 14.1. The molecule has 2 rings (SSSR count). The lowest BCUT2D eigenvalue weighted by atomic mass is 10.3. The van der Waals surface area contributed by atoms with Crippen LogP contribution in [0.4, 0.5) is 0 Å².